The van der Waals surface area contributed by atoms with Crippen LogP contribution in [0.4, 0.5) is 0 Å². The van der Waals surface area contributed by atoms with Crippen molar-refractivity contribution in [1.82, 2.24) is 20.8 Å². The van der Waals surface area contributed by atoms with Crippen molar-refractivity contribution >= 4 is 18.3 Å². The van der Waals surface area contributed by atoms with Gasteiger partial charge in [0, 0.05) is 37.3 Å². The molecule has 0 aromatic carbocycles. The van der Waals surface area contributed by atoms with Crippen LogP contribution >= 0.6 is 12.4 Å². The van der Waals surface area contributed by atoms with Crippen molar-refractivity contribution in [3.63, 3.8) is 0 Å². The van der Waals surface area contributed by atoms with Crippen molar-refractivity contribution in [3.05, 3.63) is 17.0 Å². The molecule has 1 aromatic rings. The van der Waals surface area contributed by atoms with Gasteiger partial charge < -0.3 is 10.6 Å². The van der Waals surface area contributed by atoms with Gasteiger partial charge in [-0.1, -0.05) is 26.7 Å². The molecule has 1 aromatic heterocycles. The molecular formula is C13H23ClN4O. The standard InChI is InChI=1S/C13H22N4O.ClH/c1-3-9(4-2)7-15-13(18)12-10-8-14-6-5-11(10)16-17-12;/h9,14H,3-8H2,1-2H3,(H,15,18)(H,16,17);1H. The number of nitrogens with one attached hydrogen (secondary N) is 3. The smallest absolute Gasteiger partial charge is 0.272 e. The van der Waals surface area contributed by atoms with Gasteiger partial charge in [0.15, 0.2) is 5.69 Å². The zero-order valence-corrected chi connectivity index (χ0v) is 12.4. The molecule has 1 amide bonds. The molecule has 1 aliphatic rings. The summed E-state index contributed by atoms with van der Waals surface area (Å²) in [6, 6.07) is 0. The minimum Gasteiger partial charge on any atom is -0.350 e. The Bertz CT molecular complexity index is 415. The lowest BCUT2D eigenvalue weighted by molar-refractivity contribution is 0.0940. The van der Waals surface area contributed by atoms with Gasteiger partial charge in [0.1, 0.15) is 0 Å². The van der Waals surface area contributed by atoms with Gasteiger partial charge in [-0.3, -0.25) is 9.89 Å². The molecule has 3 N–H and O–H groups in total. The van der Waals surface area contributed by atoms with Crippen molar-refractivity contribution in [1.29, 1.82) is 0 Å². The third-order valence-electron chi connectivity index (χ3n) is 3.73. The summed E-state index contributed by atoms with van der Waals surface area (Å²) < 4.78 is 0. The molecule has 0 unspecified atom stereocenters. The van der Waals surface area contributed by atoms with Crippen LogP contribution in [0, 0.1) is 5.92 Å². The maximum absolute atomic E-state index is 12.1. The predicted octanol–water partition coefficient (Wildman–Crippen LogP) is 1.64. The Kier molecular flexibility index (Phi) is 6.31. The minimum atomic E-state index is -0.0527. The van der Waals surface area contributed by atoms with E-state index in [1.54, 1.807) is 0 Å². The van der Waals surface area contributed by atoms with E-state index in [0.717, 1.165) is 50.2 Å². The molecule has 19 heavy (non-hydrogen) atoms. The monoisotopic (exact) mass is 286 g/mol. The number of fused-ring (bicyclic) bond motifs is 1. The molecular weight excluding hydrogens is 264 g/mol. The van der Waals surface area contributed by atoms with E-state index in [4.69, 9.17) is 0 Å². The lowest BCUT2D eigenvalue weighted by atomic mass is 10.0. The molecule has 0 atom stereocenters. The highest BCUT2D eigenvalue weighted by Crippen LogP contribution is 2.15. The second-order valence-electron chi connectivity index (χ2n) is 4.85. The number of carbonyl (C=O) groups excluding carboxylic acids is 1. The quantitative estimate of drug-likeness (QED) is 0.771. The first-order valence-electron chi connectivity index (χ1n) is 6.81. The third-order valence-corrected chi connectivity index (χ3v) is 3.73. The van der Waals surface area contributed by atoms with Crippen LogP contribution in [0.15, 0.2) is 0 Å². The Morgan fingerprint density at radius 3 is 2.84 bits per heavy atom. The second-order valence-corrected chi connectivity index (χ2v) is 4.85. The number of rotatable bonds is 5. The molecule has 2 heterocycles. The summed E-state index contributed by atoms with van der Waals surface area (Å²) in [5, 5.41) is 13.4. The van der Waals surface area contributed by atoms with E-state index in [0.29, 0.717) is 11.6 Å². The molecule has 2 rings (SSSR count). The predicted molar refractivity (Wildman–Crippen MR) is 77.7 cm³/mol. The van der Waals surface area contributed by atoms with Gasteiger partial charge in [-0.2, -0.15) is 5.10 Å². The number of hydrogen-bond donors (Lipinski definition) is 3. The van der Waals surface area contributed by atoms with Gasteiger partial charge >= 0.3 is 0 Å². The highest BCUT2D eigenvalue weighted by molar-refractivity contribution is 5.94. The minimum absolute atomic E-state index is 0. The first-order chi connectivity index (χ1) is 8.76. The number of aromatic nitrogens is 2. The summed E-state index contributed by atoms with van der Waals surface area (Å²) in [6.07, 6.45) is 3.11. The highest BCUT2D eigenvalue weighted by Gasteiger charge is 2.21. The first-order valence-corrected chi connectivity index (χ1v) is 6.81. The van der Waals surface area contributed by atoms with Crippen molar-refractivity contribution in [2.45, 2.75) is 39.7 Å². The Morgan fingerprint density at radius 2 is 2.16 bits per heavy atom. The number of hydrogen-bond acceptors (Lipinski definition) is 3. The molecule has 0 saturated carbocycles. The summed E-state index contributed by atoms with van der Waals surface area (Å²) in [6.45, 7) is 6.73. The Morgan fingerprint density at radius 1 is 1.42 bits per heavy atom. The Balaban J connectivity index is 0.00000180. The van der Waals surface area contributed by atoms with Crippen LogP contribution in [0.25, 0.3) is 0 Å². The molecule has 0 radical (unpaired) electrons. The van der Waals surface area contributed by atoms with Crippen LogP contribution in [-0.2, 0) is 13.0 Å². The van der Waals surface area contributed by atoms with Gasteiger partial charge in [-0.05, 0) is 5.92 Å². The van der Waals surface area contributed by atoms with Crippen LogP contribution in [0.1, 0.15) is 48.4 Å². The van der Waals surface area contributed by atoms with E-state index < -0.39 is 0 Å². The van der Waals surface area contributed by atoms with Crippen molar-refractivity contribution in [2.24, 2.45) is 5.92 Å². The number of amides is 1. The summed E-state index contributed by atoms with van der Waals surface area (Å²) in [5.74, 6) is 0.505. The topological polar surface area (TPSA) is 69.8 Å². The van der Waals surface area contributed by atoms with Crippen LogP contribution in [-0.4, -0.2) is 29.2 Å². The van der Waals surface area contributed by atoms with Gasteiger partial charge in [0.05, 0.1) is 0 Å². The van der Waals surface area contributed by atoms with Crippen molar-refractivity contribution in [2.75, 3.05) is 13.1 Å². The van der Waals surface area contributed by atoms with Crippen LogP contribution < -0.4 is 10.6 Å². The molecule has 0 spiro atoms. The van der Waals surface area contributed by atoms with Crippen LogP contribution in [0.5, 0.6) is 0 Å². The van der Waals surface area contributed by atoms with Gasteiger partial charge in [0.25, 0.3) is 5.91 Å². The normalized spacial score (nSPS) is 13.8. The fourth-order valence-electron chi connectivity index (χ4n) is 2.31. The van der Waals surface area contributed by atoms with Crippen molar-refractivity contribution in [3.8, 4) is 0 Å². The van der Waals surface area contributed by atoms with E-state index in [2.05, 4.69) is 34.7 Å². The van der Waals surface area contributed by atoms with E-state index in [1.165, 1.54) is 0 Å². The summed E-state index contributed by atoms with van der Waals surface area (Å²) in [7, 11) is 0. The van der Waals surface area contributed by atoms with E-state index in [1.807, 2.05) is 0 Å². The van der Waals surface area contributed by atoms with Crippen LogP contribution in [0.2, 0.25) is 0 Å². The zero-order chi connectivity index (χ0) is 13.0. The molecule has 0 aliphatic carbocycles. The largest absolute Gasteiger partial charge is 0.350 e. The Labute approximate surface area is 120 Å². The molecule has 0 bridgehead atoms. The number of nitrogens with zero attached hydrogens (tertiary/aromatic N) is 1. The number of H-pyrrole nitrogens is 1. The van der Waals surface area contributed by atoms with E-state index in [-0.39, 0.29) is 18.3 Å². The molecule has 0 fully saturated rings. The fourth-order valence-corrected chi connectivity index (χ4v) is 2.31. The highest BCUT2D eigenvalue weighted by atomic mass is 35.5. The molecule has 1 aliphatic heterocycles. The second kappa shape index (κ2) is 7.50. The number of aromatic amines is 1. The molecule has 5 nitrogen and oxygen atoms in total. The average molecular weight is 287 g/mol. The van der Waals surface area contributed by atoms with Crippen molar-refractivity contribution < 1.29 is 4.79 Å². The van der Waals surface area contributed by atoms with E-state index >= 15 is 0 Å². The summed E-state index contributed by atoms with van der Waals surface area (Å²) in [4.78, 5) is 12.1. The number of carbonyl (C=O) groups is 1. The van der Waals surface area contributed by atoms with Gasteiger partial charge in [-0.25, -0.2) is 0 Å². The lowest BCUT2D eigenvalue weighted by Gasteiger charge is -2.15. The number of halogens is 1. The van der Waals surface area contributed by atoms with E-state index in [9.17, 15) is 4.79 Å². The Hall–Kier alpha value is -1.07. The first kappa shape index (κ1) is 16.0. The fraction of sp³-hybridized carbons (Fsp3) is 0.692. The summed E-state index contributed by atoms with van der Waals surface area (Å²) >= 11 is 0. The zero-order valence-electron chi connectivity index (χ0n) is 11.6. The van der Waals surface area contributed by atoms with Gasteiger partial charge in [0.2, 0.25) is 0 Å². The third kappa shape index (κ3) is 3.70. The average Bonchev–Trinajstić information content (AvgIpc) is 2.83. The molecule has 0 saturated heterocycles. The SMILES string of the molecule is CCC(CC)CNC(=O)c1n[nH]c2c1CNCC2.Cl. The molecule has 6 heteroatoms. The maximum Gasteiger partial charge on any atom is 0.272 e. The summed E-state index contributed by atoms with van der Waals surface area (Å²) in [5.41, 5.74) is 2.69. The molecule has 108 valence electrons. The van der Waals surface area contributed by atoms with Gasteiger partial charge in [-0.15, -0.1) is 12.4 Å². The lowest BCUT2D eigenvalue weighted by Crippen LogP contribution is -2.31. The maximum atomic E-state index is 12.1. The van der Waals surface area contributed by atoms with Crippen LogP contribution in [0.3, 0.4) is 0 Å².